The van der Waals surface area contributed by atoms with Crippen molar-refractivity contribution in [1.29, 1.82) is 0 Å². The smallest absolute Gasteiger partial charge is 0.0767 e. The van der Waals surface area contributed by atoms with Crippen molar-refractivity contribution in [1.82, 2.24) is 4.90 Å². The van der Waals surface area contributed by atoms with E-state index in [0.717, 1.165) is 18.5 Å². The van der Waals surface area contributed by atoms with Gasteiger partial charge in [-0.25, -0.2) is 0 Å². The van der Waals surface area contributed by atoms with Crippen molar-refractivity contribution in [3.63, 3.8) is 0 Å². The number of rotatable bonds is 4. The fraction of sp³-hybridized carbons (Fsp3) is 0.375. The summed E-state index contributed by atoms with van der Waals surface area (Å²) >= 11 is 0. The van der Waals surface area contributed by atoms with Gasteiger partial charge in [0.25, 0.3) is 0 Å². The fourth-order valence-corrected chi connectivity index (χ4v) is 2.46. The average Bonchev–Trinajstić information content (AvgIpc) is 2.76. The van der Waals surface area contributed by atoms with Crippen LogP contribution in [0.2, 0.25) is 0 Å². The molecule has 0 fully saturated rings. The van der Waals surface area contributed by atoms with E-state index in [-0.39, 0.29) is 46.5 Å². The van der Waals surface area contributed by atoms with Crippen molar-refractivity contribution in [3.05, 3.63) is 53.1 Å². The van der Waals surface area contributed by atoms with E-state index < -0.39 is 6.10 Å². The summed E-state index contributed by atoms with van der Waals surface area (Å²) in [5, 5.41) is 9.88. The second-order valence-electron chi connectivity index (χ2n) is 5.11. The van der Waals surface area contributed by atoms with Gasteiger partial charge in [0, 0.05) is 28.3 Å². The first kappa shape index (κ1) is 23.2. The van der Waals surface area contributed by atoms with Gasteiger partial charge in [-0.1, -0.05) is 36.4 Å². The SMILES string of the molecule is CC(O)c1ccccc1C1=C(CN(C)C)C=CC1.Cl.Cl.[Ti]. The Labute approximate surface area is 155 Å². The number of benzene rings is 1. The molecule has 0 heterocycles. The zero-order chi connectivity index (χ0) is 13.1. The van der Waals surface area contributed by atoms with Crippen LogP contribution in [0.5, 0.6) is 0 Å². The Morgan fingerprint density at radius 2 is 1.81 bits per heavy atom. The third-order valence-electron chi connectivity index (χ3n) is 3.25. The fourth-order valence-electron chi connectivity index (χ4n) is 2.46. The molecule has 1 aromatic rings. The van der Waals surface area contributed by atoms with E-state index in [4.69, 9.17) is 0 Å². The van der Waals surface area contributed by atoms with Gasteiger partial charge in [0.15, 0.2) is 0 Å². The van der Waals surface area contributed by atoms with E-state index in [1.54, 1.807) is 0 Å². The summed E-state index contributed by atoms with van der Waals surface area (Å²) in [7, 11) is 4.16. The van der Waals surface area contributed by atoms with Crippen LogP contribution in [-0.4, -0.2) is 30.6 Å². The molecule has 1 aliphatic carbocycles. The van der Waals surface area contributed by atoms with Crippen LogP contribution in [0.1, 0.15) is 30.6 Å². The first-order valence-electron chi connectivity index (χ1n) is 6.40. The molecule has 1 aliphatic rings. The number of aliphatic hydroxyl groups excluding tert-OH is 1. The number of nitrogens with zero attached hydrogens (tertiary/aromatic N) is 1. The zero-order valence-corrected chi connectivity index (χ0v) is 15.9. The molecule has 1 unspecified atom stereocenters. The molecular formula is C16H23Cl2NOTi. The number of likely N-dealkylation sites (N-methyl/N-ethyl adjacent to an activating group) is 1. The Kier molecular flexibility index (Phi) is 11.7. The van der Waals surface area contributed by atoms with Gasteiger partial charge in [-0.3, -0.25) is 0 Å². The molecule has 5 heteroatoms. The minimum Gasteiger partial charge on any atom is -0.389 e. The molecule has 0 saturated carbocycles. The third kappa shape index (κ3) is 5.90. The second kappa shape index (κ2) is 10.6. The molecule has 1 atom stereocenters. The van der Waals surface area contributed by atoms with Crippen molar-refractivity contribution >= 4 is 30.4 Å². The zero-order valence-electron chi connectivity index (χ0n) is 12.7. The number of hydrogen-bond acceptors (Lipinski definition) is 2. The Morgan fingerprint density at radius 3 is 2.38 bits per heavy atom. The van der Waals surface area contributed by atoms with Crippen molar-refractivity contribution < 1.29 is 26.8 Å². The molecule has 2 rings (SSSR count). The van der Waals surface area contributed by atoms with Crippen LogP contribution in [0.3, 0.4) is 0 Å². The van der Waals surface area contributed by atoms with Crippen LogP contribution in [0.15, 0.2) is 42.0 Å². The van der Waals surface area contributed by atoms with Gasteiger partial charge in [0.2, 0.25) is 0 Å². The molecule has 0 spiro atoms. The predicted molar refractivity (Wildman–Crippen MR) is 90.8 cm³/mol. The maximum absolute atomic E-state index is 9.88. The van der Waals surface area contributed by atoms with Gasteiger partial charge in [-0.15, -0.1) is 24.8 Å². The standard InChI is InChI=1S/C16H21NO.2ClH.Ti/c1-12(18)14-8-4-5-9-16(14)15-10-6-7-13(15)11-17(2)3;;;/h4-9,12,18H,10-11H2,1-3H3;2*1H;. The van der Waals surface area contributed by atoms with E-state index in [1.165, 1.54) is 16.7 Å². The van der Waals surface area contributed by atoms with E-state index in [0.29, 0.717) is 0 Å². The Hall–Kier alpha value is -0.0857. The Morgan fingerprint density at radius 1 is 1.19 bits per heavy atom. The topological polar surface area (TPSA) is 23.5 Å². The maximum atomic E-state index is 9.88. The van der Waals surface area contributed by atoms with Gasteiger partial charge < -0.3 is 10.0 Å². The minimum absolute atomic E-state index is 0. The molecule has 0 aliphatic heterocycles. The van der Waals surface area contributed by atoms with E-state index >= 15 is 0 Å². The van der Waals surface area contributed by atoms with Gasteiger partial charge in [-0.2, -0.15) is 0 Å². The molecule has 0 saturated heterocycles. The van der Waals surface area contributed by atoms with Crippen LogP contribution < -0.4 is 0 Å². The molecular weight excluding hydrogens is 341 g/mol. The average molecular weight is 364 g/mol. The normalized spacial score (nSPS) is 14.3. The first-order valence-corrected chi connectivity index (χ1v) is 6.40. The number of halogens is 2. The third-order valence-corrected chi connectivity index (χ3v) is 3.25. The maximum Gasteiger partial charge on any atom is 0.0767 e. The monoisotopic (exact) mass is 363 g/mol. The molecule has 0 radical (unpaired) electrons. The molecule has 0 aromatic heterocycles. The Balaban J connectivity index is 0. The molecule has 21 heavy (non-hydrogen) atoms. The largest absolute Gasteiger partial charge is 0.389 e. The van der Waals surface area contributed by atoms with Crippen LogP contribution in [0, 0.1) is 0 Å². The van der Waals surface area contributed by atoms with Gasteiger partial charge in [0.05, 0.1) is 6.10 Å². The summed E-state index contributed by atoms with van der Waals surface area (Å²) in [5.74, 6) is 0. The first-order chi connectivity index (χ1) is 8.59. The van der Waals surface area contributed by atoms with Gasteiger partial charge >= 0.3 is 0 Å². The second-order valence-corrected chi connectivity index (χ2v) is 5.11. The number of aliphatic hydroxyl groups is 1. The van der Waals surface area contributed by atoms with E-state index in [9.17, 15) is 5.11 Å². The van der Waals surface area contributed by atoms with Gasteiger partial charge in [-0.05, 0) is 49.7 Å². The predicted octanol–water partition coefficient (Wildman–Crippen LogP) is 3.86. The number of allylic oxidation sites excluding steroid dienone is 2. The molecule has 1 N–H and O–H groups in total. The van der Waals surface area contributed by atoms with E-state index in [2.05, 4.69) is 37.2 Å². The molecule has 116 valence electrons. The summed E-state index contributed by atoms with van der Waals surface area (Å²) < 4.78 is 0. The summed E-state index contributed by atoms with van der Waals surface area (Å²) in [5.41, 5.74) is 4.91. The molecule has 1 aromatic carbocycles. The minimum atomic E-state index is -0.421. The van der Waals surface area contributed by atoms with Crippen molar-refractivity contribution in [3.8, 4) is 0 Å². The van der Waals surface area contributed by atoms with Crippen molar-refractivity contribution in [2.45, 2.75) is 19.4 Å². The van der Waals surface area contributed by atoms with Crippen LogP contribution >= 0.6 is 24.8 Å². The van der Waals surface area contributed by atoms with Crippen molar-refractivity contribution in [2.75, 3.05) is 20.6 Å². The van der Waals surface area contributed by atoms with Gasteiger partial charge in [0.1, 0.15) is 0 Å². The van der Waals surface area contributed by atoms with Crippen molar-refractivity contribution in [2.24, 2.45) is 0 Å². The molecule has 0 bridgehead atoms. The summed E-state index contributed by atoms with van der Waals surface area (Å²) in [6.45, 7) is 2.77. The summed E-state index contributed by atoms with van der Waals surface area (Å²) in [6.07, 6.45) is 4.95. The quantitative estimate of drug-likeness (QED) is 0.821. The summed E-state index contributed by atoms with van der Waals surface area (Å²) in [4.78, 5) is 2.18. The van der Waals surface area contributed by atoms with Crippen LogP contribution in [0.25, 0.3) is 5.57 Å². The number of hydrogen-bond donors (Lipinski definition) is 1. The molecule has 2 nitrogen and oxygen atoms in total. The van der Waals surface area contributed by atoms with E-state index in [1.807, 2.05) is 25.1 Å². The van der Waals surface area contributed by atoms with Crippen LogP contribution in [0.4, 0.5) is 0 Å². The molecule has 0 amide bonds. The summed E-state index contributed by atoms with van der Waals surface area (Å²) in [6, 6.07) is 8.15. The Bertz CT molecular complexity index is 499. The van der Waals surface area contributed by atoms with Crippen LogP contribution in [-0.2, 0) is 21.7 Å².